The number of hydrogen-bond donors (Lipinski definition) is 0. The van der Waals surface area contributed by atoms with Gasteiger partial charge in [0.25, 0.3) is 5.56 Å². The van der Waals surface area contributed by atoms with Crippen molar-refractivity contribution in [3.05, 3.63) is 88.5 Å². The molecule has 0 spiro atoms. The van der Waals surface area contributed by atoms with Gasteiger partial charge in [-0.15, -0.1) is 0 Å². The molecule has 0 amide bonds. The maximum absolute atomic E-state index is 12.3. The van der Waals surface area contributed by atoms with Crippen molar-refractivity contribution in [3.63, 3.8) is 0 Å². The van der Waals surface area contributed by atoms with Gasteiger partial charge in [0.15, 0.2) is 0 Å². The molecule has 0 unspecified atom stereocenters. The Labute approximate surface area is 156 Å². The van der Waals surface area contributed by atoms with E-state index in [0.717, 1.165) is 11.3 Å². The molecule has 3 rings (SSSR count). The predicted octanol–water partition coefficient (Wildman–Crippen LogP) is 5.17. The Morgan fingerprint density at radius 1 is 0.885 bits per heavy atom. The van der Waals surface area contributed by atoms with Crippen molar-refractivity contribution in [2.45, 2.75) is 41.2 Å². The minimum atomic E-state index is -0.151. The quantitative estimate of drug-likeness (QED) is 0.650. The molecular formula is C22H28N2O2. The van der Waals surface area contributed by atoms with E-state index in [-0.39, 0.29) is 5.56 Å². The zero-order chi connectivity index (χ0) is 19.4. The van der Waals surface area contributed by atoms with Gasteiger partial charge in [-0.25, -0.2) is 0 Å². The SMILES string of the molecule is CC.CC.Cc1nc(OCc2ccccc2)cc(=O)n1-c1ccccc1. The first-order chi connectivity index (χ1) is 12.7. The van der Waals surface area contributed by atoms with E-state index in [1.54, 1.807) is 11.5 Å². The summed E-state index contributed by atoms with van der Waals surface area (Å²) in [7, 11) is 0. The lowest BCUT2D eigenvalue weighted by Crippen LogP contribution is -2.21. The third-order valence-corrected chi connectivity index (χ3v) is 3.31. The van der Waals surface area contributed by atoms with Crippen LogP contribution in [0, 0.1) is 6.92 Å². The summed E-state index contributed by atoms with van der Waals surface area (Å²) in [5, 5.41) is 0. The van der Waals surface area contributed by atoms with Gasteiger partial charge in [0.2, 0.25) is 5.88 Å². The summed E-state index contributed by atoms with van der Waals surface area (Å²) in [6.07, 6.45) is 0. The van der Waals surface area contributed by atoms with Gasteiger partial charge in [0, 0.05) is 0 Å². The van der Waals surface area contributed by atoms with Crippen molar-refractivity contribution in [1.82, 2.24) is 9.55 Å². The lowest BCUT2D eigenvalue weighted by atomic mass is 10.2. The Bertz CT molecular complexity index is 813. The molecule has 3 aromatic rings. The van der Waals surface area contributed by atoms with Crippen LogP contribution in [-0.4, -0.2) is 9.55 Å². The highest BCUT2D eigenvalue weighted by Crippen LogP contribution is 2.11. The molecule has 0 saturated heterocycles. The van der Waals surface area contributed by atoms with E-state index < -0.39 is 0 Å². The van der Waals surface area contributed by atoms with E-state index in [1.165, 1.54) is 6.07 Å². The predicted molar refractivity (Wildman–Crippen MR) is 108 cm³/mol. The Kier molecular flexibility index (Phi) is 9.47. The number of ether oxygens (including phenoxy) is 1. The summed E-state index contributed by atoms with van der Waals surface area (Å²) in [6, 6.07) is 20.7. The van der Waals surface area contributed by atoms with E-state index in [2.05, 4.69) is 4.98 Å². The highest BCUT2D eigenvalue weighted by Gasteiger charge is 2.07. The molecule has 0 N–H and O–H groups in total. The number of aromatic nitrogens is 2. The first-order valence-electron chi connectivity index (χ1n) is 9.07. The summed E-state index contributed by atoms with van der Waals surface area (Å²) in [5.41, 5.74) is 1.68. The molecule has 1 heterocycles. The Morgan fingerprint density at radius 2 is 1.42 bits per heavy atom. The van der Waals surface area contributed by atoms with Gasteiger partial charge in [-0.3, -0.25) is 9.36 Å². The van der Waals surface area contributed by atoms with Gasteiger partial charge in [-0.05, 0) is 24.6 Å². The first kappa shape index (κ1) is 21.2. The van der Waals surface area contributed by atoms with Crippen molar-refractivity contribution in [1.29, 1.82) is 0 Å². The fourth-order valence-corrected chi connectivity index (χ4v) is 2.27. The molecule has 0 fully saturated rings. The third-order valence-electron chi connectivity index (χ3n) is 3.31. The molecule has 0 saturated carbocycles. The number of nitrogens with zero attached hydrogens (tertiary/aromatic N) is 2. The molecule has 0 radical (unpaired) electrons. The van der Waals surface area contributed by atoms with Crippen LogP contribution in [0.15, 0.2) is 71.5 Å². The van der Waals surface area contributed by atoms with E-state index in [0.29, 0.717) is 18.3 Å². The first-order valence-corrected chi connectivity index (χ1v) is 9.07. The molecule has 0 aliphatic carbocycles. The zero-order valence-corrected chi connectivity index (χ0v) is 16.3. The van der Waals surface area contributed by atoms with Gasteiger partial charge >= 0.3 is 0 Å². The van der Waals surface area contributed by atoms with E-state index >= 15 is 0 Å². The number of hydrogen-bond acceptors (Lipinski definition) is 3. The minimum absolute atomic E-state index is 0.151. The molecule has 2 aromatic carbocycles. The summed E-state index contributed by atoms with van der Waals surface area (Å²) >= 11 is 0. The van der Waals surface area contributed by atoms with Gasteiger partial charge < -0.3 is 4.74 Å². The number of para-hydroxylation sites is 1. The van der Waals surface area contributed by atoms with Crippen molar-refractivity contribution in [2.75, 3.05) is 0 Å². The van der Waals surface area contributed by atoms with E-state index in [1.807, 2.05) is 88.4 Å². The molecule has 0 bridgehead atoms. The lowest BCUT2D eigenvalue weighted by molar-refractivity contribution is 0.291. The second-order valence-corrected chi connectivity index (χ2v) is 4.93. The van der Waals surface area contributed by atoms with Crippen molar-refractivity contribution >= 4 is 0 Å². The van der Waals surface area contributed by atoms with Gasteiger partial charge in [0.05, 0.1) is 11.8 Å². The Balaban J connectivity index is 0.000000791. The third kappa shape index (κ3) is 5.88. The monoisotopic (exact) mass is 352 g/mol. The lowest BCUT2D eigenvalue weighted by Gasteiger charge is -2.11. The second-order valence-electron chi connectivity index (χ2n) is 4.93. The molecule has 1 aromatic heterocycles. The summed E-state index contributed by atoms with van der Waals surface area (Å²) < 4.78 is 7.18. The van der Waals surface area contributed by atoms with Crippen molar-refractivity contribution in [2.24, 2.45) is 0 Å². The molecule has 138 valence electrons. The topological polar surface area (TPSA) is 44.1 Å². The number of rotatable bonds is 4. The van der Waals surface area contributed by atoms with Crippen LogP contribution < -0.4 is 10.3 Å². The second kappa shape index (κ2) is 11.6. The maximum Gasteiger partial charge on any atom is 0.261 e. The molecule has 0 aliphatic rings. The summed E-state index contributed by atoms with van der Waals surface area (Å²) in [6.45, 7) is 10.2. The fraction of sp³-hybridized carbons (Fsp3) is 0.273. The van der Waals surface area contributed by atoms with Crippen LogP contribution in [-0.2, 0) is 6.61 Å². The van der Waals surface area contributed by atoms with Gasteiger partial charge in [0.1, 0.15) is 12.4 Å². The standard InChI is InChI=1S/C18H16N2O2.2C2H6/c1-14-19-17(22-13-15-8-4-2-5-9-15)12-18(21)20(14)16-10-6-3-7-11-16;2*1-2/h2-12H,13H2,1H3;2*1-2H3. The molecule has 0 aliphatic heterocycles. The number of benzene rings is 2. The normalized spacial score (nSPS) is 9.27. The highest BCUT2D eigenvalue weighted by molar-refractivity contribution is 5.33. The smallest absolute Gasteiger partial charge is 0.261 e. The van der Waals surface area contributed by atoms with Gasteiger partial charge in [-0.2, -0.15) is 4.98 Å². The van der Waals surface area contributed by atoms with Crippen LogP contribution >= 0.6 is 0 Å². The largest absolute Gasteiger partial charge is 0.473 e. The molecule has 0 atom stereocenters. The van der Waals surface area contributed by atoms with Crippen LogP contribution in [0.5, 0.6) is 5.88 Å². The van der Waals surface area contributed by atoms with Crippen LogP contribution in [0.1, 0.15) is 39.1 Å². The average Bonchev–Trinajstić information content (AvgIpc) is 2.71. The minimum Gasteiger partial charge on any atom is -0.473 e. The van der Waals surface area contributed by atoms with Crippen molar-refractivity contribution < 1.29 is 4.74 Å². The Hall–Kier alpha value is -2.88. The molecular weight excluding hydrogens is 324 g/mol. The maximum atomic E-state index is 12.3. The highest BCUT2D eigenvalue weighted by atomic mass is 16.5. The van der Waals surface area contributed by atoms with E-state index in [4.69, 9.17) is 4.74 Å². The number of aryl methyl sites for hydroxylation is 1. The molecule has 26 heavy (non-hydrogen) atoms. The van der Waals surface area contributed by atoms with Crippen LogP contribution in [0.25, 0.3) is 5.69 Å². The van der Waals surface area contributed by atoms with Crippen LogP contribution in [0.3, 0.4) is 0 Å². The summed E-state index contributed by atoms with van der Waals surface area (Å²) in [4.78, 5) is 16.7. The molecule has 4 heteroatoms. The average molecular weight is 352 g/mol. The zero-order valence-electron chi connectivity index (χ0n) is 16.3. The van der Waals surface area contributed by atoms with E-state index in [9.17, 15) is 4.79 Å². The Morgan fingerprint density at radius 3 is 1.96 bits per heavy atom. The fourth-order valence-electron chi connectivity index (χ4n) is 2.27. The molecule has 4 nitrogen and oxygen atoms in total. The van der Waals surface area contributed by atoms with Crippen LogP contribution in [0.4, 0.5) is 0 Å². The van der Waals surface area contributed by atoms with Gasteiger partial charge in [-0.1, -0.05) is 76.2 Å². The van der Waals surface area contributed by atoms with Crippen molar-refractivity contribution in [3.8, 4) is 11.6 Å². The van der Waals surface area contributed by atoms with Crippen LogP contribution in [0.2, 0.25) is 0 Å². The summed E-state index contributed by atoms with van der Waals surface area (Å²) in [5.74, 6) is 0.945.